The number of ether oxygens (including phenoxy) is 1. The number of para-hydroxylation sites is 1. The minimum Gasteiger partial charge on any atom is -0.378 e. The molecule has 0 spiro atoms. The number of carbonyl (C=O) groups is 1. The second-order valence-corrected chi connectivity index (χ2v) is 7.52. The van der Waals surface area contributed by atoms with Crippen LogP contribution in [0.1, 0.15) is 36.0 Å². The van der Waals surface area contributed by atoms with Gasteiger partial charge in [-0.2, -0.15) is 0 Å². The van der Waals surface area contributed by atoms with Crippen LogP contribution in [-0.4, -0.2) is 53.7 Å². The predicted molar refractivity (Wildman–Crippen MR) is 105 cm³/mol. The molecule has 4 rings (SSSR count). The number of morpholine rings is 1. The van der Waals surface area contributed by atoms with Crippen LogP contribution in [0.2, 0.25) is 0 Å². The van der Waals surface area contributed by atoms with Crippen molar-refractivity contribution in [1.29, 1.82) is 0 Å². The number of anilines is 1. The topological polar surface area (TPSA) is 50.6 Å². The van der Waals surface area contributed by atoms with E-state index in [-0.39, 0.29) is 11.9 Å². The van der Waals surface area contributed by atoms with Crippen LogP contribution in [0.4, 0.5) is 5.69 Å². The van der Waals surface area contributed by atoms with Crippen LogP contribution < -0.4 is 4.90 Å². The number of carbonyl (C=O) groups excluding carboxylic acids is 1. The lowest BCUT2D eigenvalue weighted by Crippen LogP contribution is -2.39. The minimum atomic E-state index is -0.128. The molecule has 3 heterocycles. The van der Waals surface area contributed by atoms with E-state index in [0.717, 1.165) is 57.1 Å². The van der Waals surface area contributed by atoms with Crippen LogP contribution in [0.3, 0.4) is 0 Å². The third kappa shape index (κ3) is 3.58. The Morgan fingerprint density at radius 2 is 2.07 bits per heavy atom. The van der Waals surface area contributed by atoms with Crippen molar-refractivity contribution >= 4 is 11.6 Å². The van der Waals surface area contributed by atoms with Crippen molar-refractivity contribution in [3.8, 4) is 0 Å². The first-order chi connectivity index (χ1) is 13.1. The summed E-state index contributed by atoms with van der Waals surface area (Å²) >= 11 is 0. The van der Waals surface area contributed by atoms with E-state index in [1.165, 1.54) is 11.3 Å². The highest BCUT2D eigenvalue weighted by Gasteiger charge is 2.30. The summed E-state index contributed by atoms with van der Waals surface area (Å²) in [6.07, 6.45) is 4.75. The maximum absolute atomic E-state index is 13.2. The zero-order chi connectivity index (χ0) is 18.8. The largest absolute Gasteiger partial charge is 0.378 e. The summed E-state index contributed by atoms with van der Waals surface area (Å²) in [5, 5.41) is 0. The van der Waals surface area contributed by atoms with Crippen LogP contribution in [0.5, 0.6) is 0 Å². The summed E-state index contributed by atoms with van der Waals surface area (Å²) in [4.78, 5) is 22.0. The highest BCUT2D eigenvalue weighted by atomic mass is 16.5. The van der Waals surface area contributed by atoms with Crippen LogP contribution in [-0.2, 0) is 22.5 Å². The molecule has 6 nitrogen and oxygen atoms in total. The fourth-order valence-corrected chi connectivity index (χ4v) is 4.27. The molecule has 2 aromatic rings. The Morgan fingerprint density at radius 3 is 2.89 bits per heavy atom. The average Bonchev–Trinajstić information content (AvgIpc) is 3.10. The van der Waals surface area contributed by atoms with E-state index < -0.39 is 0 Å². The van der Waals surface area contributed by atoms with Crippen molar-refractivity contribution in [2.45, 2.75) is 38.8 Å². The lowest BCUT2D eigenvalue weighted by atomic mass is 10.0. The SMILES string of the molecule is Cc1cnc2n1C(C(=O)N(C)Cc1ccccc1N1CCOCC1)CCC2. The van der Waals surface area contributed by atoms with Gasteiger partial charge in [-0.15, -0.1) is 0 Å². The number of imidazole rings is 1. The Balaban J connectivity index is 1.52. The number of amides is 1. The van der Waals surface area contributed by atoms with Crippen LogP contribution in [0.15, 0.2) is 30.5 Å². The molecule has 1 saturated heterocycles. The Hall–Kier alpha value is -2.34. The molecule has 1 aromatic carbocycles. The van der Waals surface area contributed by atoms with Gasteiger partial charge in [-0.25, -0.2) is 4.98 Å². The molecule has 27 heavy (non-hydrogen) atoms. The van der Waals surface area contributed by atoms with Crippen molar-refractivity contribution in [3.63, 3.8) is 0 Å². The van der Waals surface area contributed by atoms with E-state index in [0.29, 0.717) is 6.54 Å². The van der Waals surface area contributed by atoms with Crippen molar-refractivity contribution in [1.82, 2.24) is 14.5 Å². The summed E-state index contributed by atoms with van der Waals surface area (Å²) in [6, 6.07) is 8.27. The van der Waals surface area contributed by atoms with E-state index in [1.54, 1.807) is 0 Å². The molecule has 1 fully saturated rings. The first-order valence-electron chi connectivity index (χ1n) is 9.83. The number of hydrogen-bond acceptors (Lipinski definition) is 4. The summed E-state index contributed by atoms with van der Waals surface area (Å²) in [7, 11) is 1.92. The third-order valence-electron chi connectivity index (χ3n) is 5.66. The van der Waals surface area contributed by atoms with Gasteiger partial charge in [0.2, 0.25) is 5.91 Å². The molecule has 2 aliphatic rings. The quantitative estimate of drug-likeness (QED) is 0.832. The van der Waals surface area contributed by atoms with Crippen molar-refractivity contribution in [2.24, 2.45) is 0 Å². The molecule has 0 bridgehead atoms. The maximum Gasteiger partial charge on any atom is 0.245 e. The molecule has 0 N–H and O–H groups in total. The van der Waals surface area contributed by atoms with Gasteiger partial charge >= 0.3 is 0 Å². The molecule has 1 amide bonds. The molecular weight excluding hydrogens is 340 g/mol. The van der Waals surface area contributed by atoms with Crippen LogP contribution >= 0.6 is 0 Å². The lowest BCUT2D eigenvalue weighted by Gasteiger charge is -2.33. The highest BCUT2D eigenvalue weighted by molar-refractivity contribution is 5.80. The number of likely N-dealkylation sites (N-methyl/N-ethyl adjacent to an activating group) is 1. The minimum absolute atomic E-state index is 0.128. The second-order valence-electron chi connectivity index (χ2n) is 7.52. The van der Waals surface area contributed by atoms with Crippen LogP contribution in [0, 0.1) is 6.92 Å². The van der Waals surface area contributed by atoms with Gasteiger partial charge in [-0.3, -0.25) is 4.79 Å². The molecule has 1 atom stereocenters. The van der Waals surface area contributed by atoms with Crippen molar-refractivity contribution < 1.29 is 9.53 Å². The van der Waals surface area contributed by atoms with Gasteiger partial charge in [0, 0.05) is 50.7 Å². The number of aryl methyl sites for hydroxylation is 2. The molecule has 1 aromatic heterocycles. The van der Waals surface area contributed by atoms with E-state index in [1.807, 2.05) is 25.1 Å². The number of benzene rings is 1. The highest BCUT2D eigenvalue weighted by Crippen LogP contribution is 2.29. The van der Waals surface area contributed by atoms with Gasteiger partial charge in [0.05, 0.1) is 13.2 Å². The normalized spacial score (nSPS) is 19.6. The average molecular weight is 368 g/mol. The van der Waals surface area contributed by atoms with E-state index in [4.69, 9.17) is 4.74 Å². The van der Waals surface area contributed by atoms with E-state index >= 15 is 0 Å². The Morgan fingerprint density at radius 1 is 1.30 bits per heavy atom. The monoisotopic (exact) mass is 368 g/mol. The number of rotatable bonds is 4. The fraction of sp³-hybridized carbons (Fsp3) is 0.524. The molecule has 144 valence electrons. The molecule has 0 aliphatic carbocycles. The molecule has 2 aliphatic heterocycles. The second kappa shape index (κ2) is 7.72. The third-order valence-corrected chi connectivity index (χ3v) is 5.66. The summed E-state index contributed by atoms with van der Waals surface area (Å²) in [5.41, 5.74) is 3.47. The summed E-state index contributed by atoms with van der Waals surface area (Å²) in [5.74, 6) is 1.22. The van der Waals surface area contributed by atoms with E-state index in [2.05, 4.69) is 38.7 Å². The summed E-state index contributed by atoms with van der Waals surface area (Å²) < 4.78 is 7.62. The van der Waals surface area contributed by atoms with Gasteiger partial charge in [0.15, 0.2) is 0 Å². The van der Waals surface area contributed by atoms with E-state index in [9.17, 15) is 4.79 Å². The molecule has 0 radical (unpaired) electrons. The summed E-state index contributed by atoms with van der Waals surface area (Å²) in [6.45, 7) is 5.97. The van der Waals surface area contributed by atoms with Gasteiger partial charge in [-0.1, -0.05) is 18.2 Å². The predicted octanol–water partition coefficient (Wildman–Crippen LogP) is 2.56. The van der Waals surface area contributed by atoms with Crippen LogP contribution in [0.25, 0.3) is 0 Å². The lowest BCUT2D eigenvalue weighted by molar-refractivity contribution is -0.134. The first-order valence-corrected chi connectivity index (χ1v) is 9.83. The van der Waals surface area contributed by atoms with Gasteiger partial charge in [0.25, 0.3) is 0 Å². The zero-order valence-electron chi connectivity index (χ0n) is 16.2. The van der Waals surface area contributed by atoms with Gasteiger partial charge < -0.3 is 19.1 Å². The Bertz CT molecular complexity index is 810. The first kappa shape index (κ1) is 18.0. The molecular formula is C21H28N4O2. The Labute approximate surface area is 160 Å². The number of nitrogens with zero attached hydrogens (tertiary/aromatic N) is 4. The maximum atomic E-state index is 13.2. The number of aromatic nitrogens is 2. The Kier molecular flexibility index (Phi) is 5.16. The molecule has 0 saturated carbocycles. The standard InChI is InChI=1S/C21H28N4O2/c1-16-14-22-20-9-5-8-19(25(16)20)21(26)23(2)15-17-6-3-4-7-18(17)24-10-12-27-13-11-24/h3-4,6-7,14,19H,5,8-13,15H2,1-2H3. The van der Waals surface area contributed by atoms with Gasteiger partial charge in [0.1, 0.15) is 11.9 Å². The zero-order valence-corrected chi connectivity index (χ0v) is 16.2. The fourth-order valence-electron chi connectivity index (χ4n) is 4.27. The number of fused-ring (bicyclic) bond motifs is 1. The smallest absolute Gasteiger partial charge is 0.245 e. The molecule has 6 heteroatoms. The van der Waals surface area contributed by atoms with Crippen molar-refractivity contribution in [3.05, 3.63) is 47.5 Å². The van der Waals surface area contributed by atoms with Crippen molar-refractivity contribution in [2.75, 3.05) is 38.3 Å². The van der Waals surface area contributed by atoms with Gasteiger partial charge in [-0.05, 0) is 31.4 Å². The molecule has 1 unspecified atom stereocenters. The number of hydrogen-bond donors (Lipinski definition) is 0.